The van der Waals surface area contributed by atoms with Crippen LogP contribution >= 0.6 is 11.6 Å². The zero-order valence-corrected chi connectivity index (χ0v) is 18.2. The monoisotopic (exact) mass is 449 g/mol. The first-order valence-electron chi connectivity index (χ1n) is 10.5. The number of carbonyl (C=O) groups excluding carboxylic acids is 1. The van der Waals surface area contributed by atoms with Gasteiger partial charge in [0.25, 0.3) is 5.91 Å². The van der Waals surface area contributed by atoms with Crippen molar-refractivity contribution in [1.82, 2.24) is 15.1 Å². The number of carbonyl (C=O) groups is 1. The molecule has 1 saturated heterocycles. The maximum absolute atomic E-state index is 13.2. The highest BCUT2D eigenvalue weighted by molar-refractivity contribution is 6.30. The molecule has 1 atom stereocenters. The first kappa shape index (κ1) is 23.5. The molecule has 0 radical (unpaired) electrons. The molecule has 0 aliphatic carbocycles. The lowest BCUT2D eigenvalue weighted by atomic mass is 10.1. The molecule has 2 aromatic carbocycles. The molecule has 1 unspecified atom stereocenters. The highest BCUT2D eigenvalue weighted by atomic mass is 35.5. The minimum atomic E-state index is -0.243. The van der Waals surface area contributed by atoms with Crippen molar-refractivity contribution in [2.24, 2.45) is 0 Å². The van der Waals surface area contributed by atoms with Gasteiger partial charge in [0.15, 0.2) is 6.61 Å². The molecule has 0 aromatic heterocycles. The van der Waals surface area contributed by atoms with E-state index in [2.05, 4.69) is 10.2 Å². The smallest absolute Gasteiger partial charge is 0.260 e. The summed E-state index contributed by atoms with van der Waals surface area (Å²) in [5, 5.41) is 12.8. The molecule has 0 saturated carbocycles. The number of piperazine rings is 1. The number of hydrogen-bond acceptors (Lipinski definition) is 5. The summed E-state index contributed by atoms with van der Waals surface area (Å²) in [6, 6.07) is 13.5. The van der Waals surface area contributed by atoms with E-state index in [1.807, 2.05) is 4.90 Å². The normalized spacial score (nSPS) is 17.0. The second kappa shape index (κ2) is 12.0. The molecule has 1 aliphatic rings. The minimum Gasteiger partial charge on any atom is -0.484 e. The summed E-state index contributed by atoms with van der Waals surface area (Å²) in [6.45, 7) is 4.07. The van der Waals surface area contributed by atoms with Crippen molar-refractivity contribution < 1.29 is 19.0 Å². The fourth-order valence-corrected chi connectivity index (χ4v) is 3.84. The Kier molecular flexibility index (Phi) is 9.09. The molecule has 2 N–H and O–H groups in total. The van der Waals surface area contributed by atoms with Crippen LogP contribution in [0.5, 0.6) is 5.75 Å². The van der Waals surface area contributed by atoms with Crippen molar-refractivity contribution in [3.8, 4) is 5.75 Å². The molecule has 31 heavy (non-hydrogen) atoms. The van der Waals surface area contributed by atoms with Crippen molar-refractivity contribution in [1.29, 1.82) is 0 Å². The lowest BCUT2D eigenvalue weighted by Crippen LogP contribution is -2.56. The van der Waals surface area contributed by atoms with Crippen molar-refractivity contribution in [3.05, 3.63) is 64.9 Å². The van der Waals surface area contributed by atoms with Crippen LogP contribution in [0.25, 0.3) is 0 Å². The van der Waals surface area contributed by atoms with Crippen molar-refractivity contribution >= 4 is 17.5 Å². The number of benzene rings is 2. The second-order valence-corrected chi connectivity index (χ2v) is 8.04. The number of aliphatic hydroxyl groups is 1. The number of rotatable bonds is 10. The largest absolute Gasteiger partial charge is 0.484 e. The van der Waals surface area contributed by atoms with Gasteiger partial charge in [-0.05, 0) is 54.9 Å². The number of amides is 1. The van der Waals surface area contributed by atoms with Gasteiger partial charge in [0, 0.05) is 43.8 Å². The Morgan fingerprint density at radius 2 is 1.87 bits per heavy atom. The quantitative estimate of drug-likeness (QED) is 0.546. The number of halogens is 2. The third-order valence-corrected chi connectivity index (χ3v) is 5.58. The van der Waals surface area contributed by atoms with Gasteiger partial charge in [-0.15, -0.1) is 0 Å². The van der Waals surface area contributed by atoms with Gasteiger partial charge in [0.05, 0.1) is 6.61 Å². The first-order chi connectivity index (χ1) is 15.0. The van der Waals surface area contributed by atoms with Crippen LogP contribution in [-0.2, 0) is 11.3 Å². The Morgan fingerprint density at radius 1 is 1.13 bits per heavy atom. The van der Waals surface area contributed by atoms with Crippen LogP contribution in [-0.4, -0.2) is 72.8 Å². The molecule has 2 aromatic rings. The summed E-state index contributed by atoms with van der Waals surface area (Å²) in [6.07, 6.45) is 0.770. The second-order valence-electron chi connectivity index (χ2n) is 7.61. The van der Waals surface area contributed by atoms with Crippen molar-refractivity contribution in [2.45, 2.75) is 19.0 Å². The predicted octanol–water partition coefficient (Wildman–Crippen LogP) is 2.54. The first-order valence-corrected chi connectivity index (χ1v) is 10.9. The molecule has 0 spiro atoms. The average molecular weight is 450 g/mol. The van der Waals surface area contributed by atoms with Crippen molar-refractivity contribution in [2.75, 3.05) is 45.9 Å². The Bertz CT molecular complexity index is 820. The van der Waals surface area contributed by atoms with Gasteiger partial charge >= 0.3 is 0 Å². The average Bonchev–Trinajstić information content (AvgIpc) is 2.78. The summed E-state index contributed by atoms with van der Waals surface area (Å²) in [4.78, 5) is 17.1. The molecule has 0 bridgehead atoms. The highest BCUT2D eigenvalue weighted by Crippen LogP contribution is 2.18. The number of nitrogens with zero attached hydrogens (tertiary/aromatic N) is 2. The molecular formula is C23H29ClFN3O3. The third-order valence-electron chi connectivity index (χ3n) is 5.33. The highest BCUT2D eigenvalue weighted by Gasteiger charge is 2.30. The van der Waals surface area contributed by atoms with Gasteiger partial charge in [0.1, 0.15) is 11.6 Å². The van der Waals surface area contributed by atoms with Crippen LogP contribution in [0.3, 0.4) is 0 Å². The van der Waals surface area contributed by atoms with E-state index in [1.54, 1.807) is 36.4 Å². The fourth-order valence-electron chi connectivity index (χ4n) is 3.72. The van der Waals surface area contributed by atoms with Gasteiger partial charge < -0.3 is 20.1 Å². The third kappa shape index (κ3) is 7.47. The van der Waals surface area contributed by atoms with Gasteiger partial charge in [-0.1, -0.05) is 23.7 Å². The Hall–Kier alpha value is -2.19. The SMILES string of the molecule is O=C(COc1ccc(Cl)cc1)N1CCN(Cc2ccc(F)cc2)CC1CCNCCO. The van der Waals surface area contributed by atoms with E-state index in [-0.39, 0.29) is 31.0 Å². The van der Waals surface area contributed by atoms with Crippen LogP contribution in [0.15, 0.2) is 48.5 Å². The summed E-state index contributed by atoms with van der Waals surface area (Å²) in [5.41, 5.74) is 1.05. The Balaban J connectivity index is 1.58. The van der Waals surface area contributed by atoms with E-state index in [0.717, 1.165) is 25.1 Å². The van der Waals surface area contributed by atoms with E-state index in [1.165, 1.54) is 12.1 Å². The maximum atomic E-state index is 13.2. The van der Waals surface area contributed by atoms with E-state index in [9.17, 15) is 9.18 Å². The number of aliphatic hydroxyl groups excluding tert-OH is 1. The molecule has 1 heterocycles. The van der Waals surface area contributed by atoms with Crippen LogP contribution in [0.2, 0.25) is 5.02 Å². The number of ether oxygens (including phenoxy) is 1. The molecule has 1 fully saturated rings. The summed E-state index contributed by atoms with van der Waals surface area (Å²) in [5.74, 6) is 0.310. The summed E-state index contributed by atoms with van der Waals surface area (Å²) in [7, 11) is 0. The van der Waals surface area contributed by atoms with Crippen LogP contribution < -0.4 is 10.1 Å². The van der Waals surface area contributed by atoms with Crippen molar-refractivity contribution in [3.63, 3.8) is 0 Å². The molecule has 3 rings (SSSR count). The molecule has 168 valence electrons. The van der Waals surface area contributed by atoms with Crippen LogP contribution in [0.4, 0.5) is 4.39 Å². The maximum Gasteiger partial charge on any atom is 0.260 e. The standard InChI is InChI=1S/C23H29ClFN3O3/c24-19-3-7-22(8-4-19)31-17-23(30)28-13-12-27(15-18-1-5-20(25)6-2-18)16-21(28)9-10-26-11-14-29/h1-8,21,26,29H,9-17H2. The minimum absolute atomic E-state index is 0.0276. The number of hydrogen-bond donors (Lipinski definition) is 2. The molecule has 8 heteroatoms. The van der Waals surface area contributed by atoms with E-state index >= 15 is 0 Å². The van der Waals surface area contributed by atoms with Gasteiger partial charge in [0.2, 0.25) is 0 Å². The topological polar surface area (TPSA) is 65.0 Å². The summed E-state index contributed by atoms with van der Waals surface area (Å²) < 4.78 is 18.8. The van der Waals surface area contributed by atoms with Gasteiger partial charge in [-0.3, -0.25) is 9.69 Å². The van der Waals surface area contributed by atoms with Crippen LogP contribution in [0.1, 0.15) is 12.0 Å². The van der Waals surface area contributed by atoms with Crippen LogP contribution in [0, 0.1) is 5.82 Å². The lowest BCUT2D eigenvalue weighted by molar-refractivity contribution is -0.138. The van der Waals surface area contributed by atoms with E-state index in [0.29, 0.717) is 37.0 Å². The Labute approximate surface area is 187 Å². The van der Waals surface area contributed by atoms with Gasteiger partial charge in [-0.2, -0.15) is 0 Å². The summed E-state index contributed by atoms with van der Waals surface area (Å²) >= 11 is 5.89. The lowest BCUT2D eigenvalue weighted by Gasteiger charge is -2.41. The van der Waals surface area contributed by atoms with E-state index in [4.69, 9.17) is 21.4 Å². The fraction of sp³-hybridized carbons (Fsp3) is 0.435. The molecule has 1 aliphatic heterocycles. The molecule has 1 amide bonds. The predicted molar refractivity (Wildman–Crippen MR) is 119 cm³/mol. The zero-order valence-electron chi connectivity index (χ0n) is 17.5. The molecular weight excluding hydrogens is 421 g/mol. The van der Waals surface area contributed by atoms with E-state index < -0.39 is 0 Å². The Morgan fingerprint density at radius 3 is 2.58 bits per heavy atom. The van der Waals surface area contributed by atoms with Gasteiger partial charge in [-0.25, -0.2) is 4.39 Å². The zero-order chi connectivity index (χ0) is 22.1. The number of nitrogens with one attached hydrogen (secondary N) is 1. The molecule has 6 nitrogen and oxygen atoms in total.